The van der Waals surface area contributed by atoms with Crippen LogP contribution in [0.2, 0.25) is 0 Å². The van der Waals surface area contributed by atoms with Crippen LogP contribution in [-0.2, 0) is 12.8 Å². The Labute approximate surface area is 156 Å². The van der Waals surface area contributed by atoms with Gasteiger partial charge in [-0.1, -0.05) is 15.9 Å². The highest BCUT2D eigenvalue weighted by molar-refractivity contribution is 9.10. The van der Waals surface area contributed by atoms with Crippen LogP contribution in [0.25, 0.3) is 11.0 Å². The molecule has 1 N–H and O–H groups in total. The Bertz CT molecular complexity index is 942. The summed E-state index contributed by atoms with van der Waals surface area (Å²) in [6, 6.07) is 9.60. The second kappa shape index (κ2) is 6.37. The predicted molar refractivity (Wildman–Crippen MR) is 104 cm³/mol. The summed E-state index contributed by atoms with van der Waals surface area (Å²) in [6.07, 6.45) is 5.99. The topological polar surface area (TPSA) is 45.7 Å². The number of rotatable bonds is 2. The molecule has 0 spiro atoms. The van der Waals surface area contributed by atoms with Crippen molar-refractivity contribution < 1.29 is 9.52 Å². The molecule has 0 atom stereocenters. The summed E-state index contributed by atoms with van der Waals surface area (Å²) in [4.78, 5) is 4.53. The summed E-state index contributed by atoms with van der Waals surface area (Å²) in [6.45, 7) is 0. The maximum Gasteiger partial charge on any atom is 0.139 e. The largest absolute Gasteiger partial charge is 0.506 e. The van der Waals surface area contributed by atoms with Gasteiger partial charge < -0.3 is 9.52 Å². The fourth-order valence-corrected chi connectivity index (χ4v) is 3.89. The molecule has 5 heteroatoms. The summed E-state index contributed by atoms with van der Waals surface area (Å²) in [5, 5.41) is 11.5. The van der Waals surface area contributed by atoms with Crippen LogP contribution < -0.4 is 0 Å². The van der Waals surface area contributed by atoms with Gasteiger partial charge in [-0.2, -0.15) is 0 Å². The van der Waals surface area contributed by atoms with E-state index in [4.69, 9.17) is 4.42 Å². The van der Waals surface area contributed by atoms with Crippen molar-refractivity contribution in [1.29, 1.82) is 0 Å². The van der Waals surface area contributed by atoms with Crippen LogP contribution >= 0.6 is 31.9 Å². The maximum absolute atomic E-state index is 10.6. The lowest BCUT2D eigenvalue weighted by Gasteiger charge is -2.10. The van der Waals surface area contributed by atoms with Crippen molar-refractivity contribution in [3.05, 3.63) is 56.2 Å². The molecule has 3 nitrogen and oxygen atoms in total. The Morgan fingerprint density at radius 2 is 1.83 bits per heavy atom. The lowest BCUT2D eigenvalue weighted by Crippen LogP contribution is -1.99. The summed E-state index contributed by atoms with van der Waals surface area (Å²) in [5.41, 5.74) is 3.58. The van der Waals surface area contributed by atoms with Crippen LogP contribution in [0.5, 0.6) is 5.75 Å². The normalized spacial score (nSPS) is 14.4. The van der Waals surface area contributed by atoms with Crippen molar-refractivity contribution in [2.75, 3.05) is 0 Å². The van der Waals surface area contributed by atoms with E-state index in [1.807, 2.05) is 30.3 Å². The standard InChI is InChI=1S/C19H15Br2NO2/c20-11-5-7-12(8-6-11)22-10-14-18-13-3-1-2-4-16(13)24-17(18)9-15(21)19(14)23/h5-10,23H,1-4H2. The van der Waals surface area contributed by atoms with Gasteiger partial charge in [0.2, 0.25) is 0 Å². The molecule has 0 fully saturated rings. The Hall–Kier alpha value is -1.59. The number of benzene rings is 2. The first-order valence-electron chi connectivity index (χ1n) is 7.89. The van der Waals surface area contributed by atoms with Gasteiger partial charge in [-0.3, -0.25) is 4.99 Å². The molecule has 1 aliphatic carbocycles. The smallest absolute Gasteiger partial charge is 0.139 e. The zero-order chi connectivity index (χ0) is 16.7. The van der Waals surface area contributed by atoms with Gasteiger partial charge in [0.25, 0.3) is 0 Å². The molecule has 0 amide bonds. The molecule has 0 saturated carbocycles. The number of halogens is 2. The molecule has 1 heterocycles. The molecule has 4 rings (SSSR count). The molecule has 24 heavy (non-hydrogen) atoms. The number of phenolic OH excluding ortho intramolecular Hbond substituents is 1. The molecular formula is C19H15Br2NO2. The SMILES string of the molecule is Oc1c(Br)cc2oc3c(c2c1C=Nc1ccc(Br)cc1)CCCC3. The quantitative estimate of drug-likeness (QED) is 0.468. The lowest BCUT2D eigenvalue weighted by molar-refractivity contribution is 0.471. The fraction of sp³-hybridized carbons (Fsp3) is 0.211. The first-order valence-corrected chi connectivity index (χ1v) is 9.47. The van der Waals surface area contributed by atoms with Crippen molar-refractivity contribution in [2.24, 2.45) is 4.99 Å². The molecule has 0 aliphatic heterocycles. The third-order valence-electron chi connectivity index (χ3n) is 4.38. The van der Waals surface area contributed by atoms with Crippen LogP contribution in [0.3, 0.4) is 0 Å². The number of furan rings is 1. The van der Waals surface area contributed by atoms with E-state index in [0.717, 1.165) is 52.6 Å². The van der Waals surface area contributed by atoms with E-state index in [1.54, 1.807) is 6.21 Å². The number of hydrogen-bond donors (Lipinski definition) is 1. The molecule has 0 unspecified atom stereocenters. The molecule has 0 bridgehead atoms. The van der Waals surface area contributed by atoms with Gasteiger partial charge in [-0.15, -0.1) is 0 Å². The number of fused-ring (bicyclic) bond motifs is 3. The van der Waals surface area contributed by atoms with Crippen LogP contribution in [0.15, 0.2) is 48.7 Å². The summed E-state index contributed by atoms with van der Waals surface area (Å²) in [7, 11) is 0. The van der Waals surface area contributed by atoms with Crippen molar-refractivity contribution >= 4 is 54.7 Å². The Morgan fingerprint density at radius 3 is 2.62 bits per heavy atom. The highest BCUT2D eigenvalue weighted by Gasteiger charge is 2.22. The van der Waals surface area contributed by atoms with Gasteiger partial charge in [0, 0.05) is 33.6 Å². The Balaban J connectivity index is 1.88. The van der Waals surface area contributed by atoms with Crippen LogP contribution in [0.1, 0.15) is 29.7 Å². The second-order valence-corrected chi connectivity index (χ2v) is 7.71. The van der Waals surface area contributed by atoms with E-state index in [-0.39, 0.29) is 5.75 Å². The summed E-state index contributed by atoms with van der Waals surface area (Å²) < 4.78 is 7.66. The number of nitrogens with zero attached hydrogens (tertiary/aromatic N) is 1. The number of aromatic hydroxyl groups is 1. The van der Waals surface area contributed by atoms with Gasteiger partial charge in [0.15, 0.2) is 0 Å². The van der Waals surface area contributed by atoms with E-state index in [2.05, 4.69) is 36.9 Å². The number of hydrogen-bond acceptors (Lipinski definition) is 3. The van der Waals surface area contributed by atoms with E-state index in [9.17, 15) is 5.11 Å². The van der Waals surface area contributed by atoms with E-state index in [1.165, 1.54) is 5.56 Å². The number of aryl methyl sites for hydroxylation is 2. The monoisotopic (exact) mass is 447 g/mol. The molecular weight excluding hydrogens is 434 g/mol. The van der Waals surface area contributed by atoms with E-state index in [0.29, 0.717) is 10.0 Å². The molecule has 0 saturated heterocycles. The third kappa shape index (κ3) is 2.80. The molecule has 122 valence electrons. The zero-order valence-electron chi connectivity index (χ0n) is 12.9. The van der Waals surface area contributed by atoms with Crippen LogP contribution in [0.4, 0.5) is 5.69 Å². The Kier molecular flexibility index (Phi) is 4.22. The zero-order valence-corrected chi connectivity index (χ0v) is 16.0. The lowest BCUT2D eigenvalue weighted by atomic mass is 9.94. The van der Waals surface area contributed by atoms with Gasteiger partial charge in [-0.05, 0) is 65.5 Å². The van der Waals surface area contributed by atoms with Gasteiger partial charge in [0.1, 0.15) is 17.1 Å². The average Bonchev–Trinajstić information content (AvgIpc) is 2.95. The first kappa shape index (κ1) is 15.9. The van der Waals surface area contributed by atoms with Crippen molar-refractivity contribution in [2.45, 2.75) is 25.7 Å². The van der Waals surface area contributed by atoms with Crippen molar-refractivity contribution in [1.82, 2.24) is 0 Å². The van der Waals surface area contributed by atoms with Crippen molar-refractivity contribution in [3.63, 3.8) is 0 Å². The molecule has 3 aromatic rings. The molecule has 0 radical (unpaired) electrons. The minimum Gasteiger partial charge on any atom is -0.506 e. The van der Waals surface area contributed by atoms with Crippen molar-refractivity contribution in [3.8, 4) is 5.75 Å². The van der Waals surface area contributed by atoms with Crippen LogP contribution in [0, 0.1) is 0 Å². The fourth-order valence-electron chi connectivity index (χ4n) is 3.21. The van der Waals surface area contributed by atoms with E-state index >= 15 is 0 Å². The summed E-state index contributed by atoms with van der Waals surface area (Å²) >= 11 is 6.84. The highest BCUT2D eigenvalue weighted by Crippen LogP contribution is 2.40. The third-order valence-corrected chi connectivity index (χ3v) is 5.51. The number of phenols is 1. The van der Waals surface area contributed by atoms with Gasteiger partial charge in [-0.25, -0.2) is 0 Å². The minimum atomic E-state index is 0.206. The highest BCUT2D eigenvalue weighted by atomic mass is 79.9. The number of aliphatic imine (C=N–C) groups is 1. The maximum atomic E-state index is 10.6. The van der Waals surface area contributed by atoms with Gasteiger partial charge in [0.05, 0.1) is 10.2 Å². The summed E-state index contributed by atoms with van der Waals surface area (Å²) in [5.74, 6) is 1.25. The first-order chi connectivity index (χ1) is 11.6. The average molecular weight is 449 g/mol. The van der Waals surface area contributed by atoms with Gasteiger partial charge >= 0.3 is 0 Å². The second-order valence-electron chi connectivity index (χ2n) is 5.94. The predicted octanol–water partition coefficient (Wildman–Crippen LogP) is 6.29. The van der Waals surface area contributed by atoms with E-state index < -0.39 is 0 Å². The molecule has 1 aromatic heterocycles. The Morgan fingerprint density at radius 1 is 1.08 bits per heavy atom. The molecule has 2 aromatic carbocycles. The van der Waals surface area contributed by atoms with Crippen LogP contribution in [-0.4, -0.2) is 11.3 Å². The molecule has 1 aliphatic rings. The minimum absolute atomic E-state index is 0.206.